The molecule has 12 heavy (non-hydrogen) atoms. The molecule has 2 N–H and O–H groups in total. The van der Waals surface area contributed by atoms with E-state index in [-0.39, 0.29) is 11.0 Å². The molecule has 0 fully saturated rings. The molecule has 0 spiro atoms. The lowest BCUT2D eigenvalue weighted by molar-refractivity contribution is 0.476. The molecule has 0 aliphatic heterocycles. The van der Waals surface area contributed by atoms with Crippen LogP contribution in [0, 0.1) is 0 Å². The highest BCUT2D eigenvalue weighted by Gasteiger charge is 2.05. The predicted molar refractivity (Wildman–Crippen MR) is 40.8 cm³/mol. The Kier molecular flexibility index (Phi) is 2.46. The van der Waals surface area contributed by atoms with Crippen molar-refractivity contribution in [2.75, 3.05) is 0 Å². The fourth-order valence-corrected chi connectivity index (χ4v) is 0.884. The minimum Gasteiger partial charge on any atom is -0.349 e. The molecule has 0 radical (unpaired) electrons. The van der Waals surface area contributed by atoms with Crippen LogP contribution in [0.2, 0.25) is 5.15 Å². The lowest BCUT2D eigenvalue weighted by Gasteiger charge is -1.98. The summed E-state index contributed by atoms with van der Waals surface area (Å²) in [6.45, 7) is 0. The molecule has 0 saturated carbocycles. The molecule has 1 aromatic rings. The normalized spacial score (nSPS) is 11.2. The summed E-state index contributed by atoms with van der Waals surface area (Å²) in [7, 11) is -4.04. The molecule has 0 aliphatic carbocycles. The number of halogens is 1. The number of nitrogens with zero attached hydrogens (tertiary/aromatic N) is 2. The van der Waals surface area contributed by atoms with Crippen molar-refractivity contribution >= 4 is 21.9 Å². The molecule has 66 valence electrons. The van der Waals surface area contributed by atoms with Crippen LogP contribution in [0.1, 0.15) is 0 Å². The van der Waals surface area contributed by atoms with Crippen LogP contribution in [0.5, 0.6) is 5.88 Å². The number of rotatable bonds is 2. The van der Waals surface area contributed by atoms with E-state index >= 15 is 0 Å². The maximum atomic E-state index is 10.3. The molecule has 1 rings (SSSR count). The smallest absolute Gasteiger partial charge is 0.349 e. The van der Waals surface area contributed by atoms with Gasteiger partial charge in [0.2, 0.25) is 0 Å². The van der Waals surface area contributed by atoms with Crippen LogP contribution in [-0.4, -0.2) is 18.4 Å². The van der Waals surface area contributed by atoms with E-state index in [0.29, 0.717) is 0 Å². The first kappa shape index (κ1) is 9.17. The van der Waals surface area contributed by atoms with E-state index in [0.717, 1.165) is 12.4 Å². The molecule has 0 amide bonds. The lowest BCUT2D eigenvalue weighted by atomic mass is 10.7. The Morgan fingerprint density at radius 3 is 2.50 bits per heavy atom. The molecule has 6 nitrogen and oxygen atoms in total. The third-order valence-electron chi connectivity index (χ3n) is 0.798. The molecule has 0 unspecified atom stereocenters. The topological polar surface area (TPSA) is 95.2 Å². The summed E-state index contributed by atoms with van der Waals surface area (Å²) in [5, 5.41) is 4.69. The van der Waals surface area contributed by atoms with Gasteiger partial charge in [0.05, 0.1) is 12.4 Å². The van der Waals surface area contributed by atoms with Gasteiger partial charge in [-0.3, -0.25) is 0 Å². The third-order valence-corrected chi connectivity index (χ3v) is 1.40. The van der Waals surface area contributed by atoms with Crippen molar-refractivity contribution in [3.8, 4) is 5.88 Å². The molecule has 0 saturated heterocycles. The Bertz CT molecular complexity index is 362. The molecule has 1 aromatic heterocycles. The van der Waals surface area contributed by atoms with Gasteiger partial charge in [-0.05, 0) is 0 Å². The first-order chi connectivity index (χ1) is 5.47. The summed E-state index contributed by atoms with van der Waals surface area (Å²) in [5.74, 6) is -0.220. The standard InChI is InChI=1S/C4H4ClN3O3S/c5-3-1-8-4(2-7-3)11-12(6,9)10/h1-2H,(H2,6,9,10). The van der Waals surface area contributed by atoms with Crippen molar-refractivity contribution in [3.63, 3.8) is 0 Å². The van der Waals surface area contributed by atoms with Crippen molar-refractivity contribution in [1.29, 1.82) is 0 Å². The van der Waals surface area contributed by atoms with Gasteiger partial charge in [-0.2, -0.15) is 13.6 Å². The average molecular weight is 210 g/mol. The van der Waals surface area contributed by atoms with E-state index < -0.39 is 10.3 Å². The number of aromatic nitrogens is 2. The van der Waals surface area contributed by atoms with Crippen LogP contribution in [0.15, 0.2) is 12.4 Å². The van der Waals surface area contributed by atoms with Crippen LogP contribution >= 0.6 is 11.6 Å². The van der Waals surface area contributed by atoms with E-state index in [1.807, 2.05) is 0 Å². The Hall–Kier alpha value is -0.920. The minimum absolute atomic E-state index is 0.136. The van der Waals surface area contributed by atoms with Crippen molar-refractivity contribution in [3.05, 3.63) is 17.5 Å². The van der Waals surface area contributed by atoms with Gasteiger partial charge >= 0.3 is 10.3 Å². The van der Waals surface area contributed by atoms with Gasteiger partial charge in [-0.1, -0.05) is 11.6 Å². The number of nitrogens with two attached hydrogens (primary N) is 1. The highest BCUT2D eigenvalue weighted by atomic mass is 35.5. The summed E-state index contributed by atoms with van der Waals surface area (Å²) in [6, 6.07) is 0. The zero-order valence-electron chi connectivity index (χ0n) is 5.64. The van der Waals surface area contributed by atoms with Crippen molar-refractivity contribution in [1.82, 2.24) is 9.97 Å². The highest BCUT2D eigenvalue weighted by molar-refractivity contribution is 7.84. The first-order valence-corrected chi connectivity index (χ1v) is 4.52. The molecule has 8 heteroatoms. The number of hydrogen-bond donors (Lipinski definition) is 1. The maximum absolute atomic E-state index is 10.3. The lowest BCUT2D eigenvalue weighted by Crippen LogP contribution is -2.19. The predicted octanol–water partition coefficient (Wildman–Crippen LogP) is -0.288. The van der Waals surface area contributed by atoms with Crippen molar-refractivity contribution in [2.45, 2.75) is 0 Å². The first-order valence-electron chi connectivity index (χ1n) is 2.67. The van der Waals surface area contributed by atoms with E-state index in [4.69, 9.17) is 11.6 Å². The molecule has 1 heterocycles. The van der Waals surface area contributed by atoms with E-state index in [1.54, 1.807) is 0 Å². The summed E-state index contributed by atoms with van der Waals surface area (Å²) in [6.07, 6.45) is 2.19. The maximum Gasteiger partial charge on any atom is 0.381 e. The minimum atomic E-state index is -4.04. The van der Waals surface area contributed by atoms with Crippen LogP contribution in [0.4, 0.5) is 0 Å². The number of hydrogen-bond acceptors (Lipinski definition) is 5. The second-order valence-corrected chi connectivity index (χ2v) is 3.29. The van der Waals surface area contributed by atoms with Crippen LogP contribution in [0.3, 0.4) is 0 Å². The molecule has 0 aliphatic rings. The Balaban J connectivity index is 2.85. The summed E-state index contributed by atoms with van der Waals surface area (Å²) in [5.41, 5.74) is 0. The molecule has 0 bridgehead atoms. The van der Waals surface area contributed by atoms with Crippen LogP contribution < -0.4 is 9.32 Å². The monoisotopic (exact) mass is 209 g/mol. The summed E-state index contributed by atoms with van der Waals surface area (Å²) in [4.78, 5) is 7.01. The van der Waals surface area contributed by atoms with Gasteiger partial charge in [-0.15, -0.1) is 0 Å². The summed E-state index contributed by atoms with van der Waals surface area (Å²) < 4.78 is 24.9. The third kappa shape index (κ3) is 2.99. The van der Waals surface area contributed by atoms with Gasteiger partial charge < -0.3 is 4.18 Å². The van der Waals surface area contributed by atoms with E-state index in [1.165, 1.54) is 0 Å². The zero-order chi connectivity index (χ0) is 9.19. The fourth-order valence-electron chi connectivity index (χ4n) is 0.462. The summed E-state index contributed by atoms with van der Waals surface area (Å²) >= 11 is 5.37. The van der Waals surface area contributed by atoms with Crippen molar-refractivity contribution < 1.29 is 12.6 Å². The van der Waals surface area contributed by atoms with E-state index in [9.17, 15) is 8.42 Å². The second kappa shape index (κ2) is 3.21. The average Bonchev–Trinajstić information content (AvgIpc) is 1.91. The highest BCUT2D eigenvalue weighted by Crippen LogP contribution is 2.07. The van der Waals surface area contributed by atoms with Crippen molar-refractivity contribution in [2.24, 2.45) is 5.14 Å². The molecule has 0 aromatic carbocycles. The van der Waals surface area contributed by atoms with Gasteiger partial charge in [0, 0.05) is 0 Å². The largest absolute Gasteiger partial charge is 0.381 e. The fraction of sp³-hybridized carbons (Fsp3) is 0. The second-order valence-electron chi connectivity index (χ2n) is 1.75. The van der Waals surface area contributed by atoms with Gasteiger partial charge in [-0.25, -0.2) is 9.97 Å². The Morgan fingerprint density at radius 2 is 2.08 bits per heavy atom. The SMILES string of the molecule is NS(=O)(=O)Oc1cnc(Cl)cn1. The molecular formula is C4H4ClN3O3S. The van der Waals surface area contributed by atoms with E-state index in [2.05, 4.69) is 19.3 Å². The van der Waals surface area contributed by atoms with Crippen LogP contribution in [0.25, 0.3) is 0 Å². The van der Waals surface area contributed by atoms with Crippen LogP contribution in [-0.2, 0) is 10.3 Å². The quantitative estimate of drug-likeness (QED) is 0.722. The van der Waals surface area contributed by atoms with Gasteiger partial charge in [0.15, 0.2) is 0 Å². The Morgan fingerprint density at radius 1 is 1.42 bits per heavy atom. The molecular weight excluding hydrogens is 206 g/mol. The molecule has 0 atom stereocenters. The van der Waals surface area contributed by atoms with Gasteiger partial charge in [0.1, 0.15) is 5.15 Å². The van der Waals surface area contributed by atoms with Gasteiger partial charge in [0.25, 0.3) is 5.88 Å². The zero-order valence-corrected chi connectivity index (χ0v) is 7.21. The Labute approximate surface area is 73.6 Å².